The minimum Gasteiger partial charge on any atom is -0.480 e. The highest BCUT2D eigenvalue weighted by Crippen LogP contribution is 2.49. The number of anilines is 1. The third kappa shape index (κ3) is 3.32. The molecule has 1 saturated carbocycles. The molecule has 11 heteroatoms. The number of hydrogen-bond donors (Lipinski definition) is 2. The number of ether oxygens (including phenoxy) is 1. The van der Waals surface area contributed by atoms with E-state index in [0.717, 1.165) is 25.1 Å². The molecule has 1 aliphatic carbocycles. The Morgan fingerprint density at radius 1 is 1.23 bits per heavy atom. The van der Waals surface area contributed by atoms with Crippen molar-refractivity contribution in [1.29, 1.82) is 0 Å². The van der Waals surface area contributed by atoms with Crippen LogP contribution in [0.1, 0.15) is 30.6 Å². The predicted molar refractivity (Wildman–Crippen MR) is 104 cm³/mol. The number of nitrogens with one attached hydrogen (secondary N) is 2. The molecule has 0 bridgehead atoms. The second kappa shape index (κ2) is 7.71. The first kappa shape index (κ1) is 19.0. The average Bonchev–Trinajstić information content (AvgIpc) is 3.45. The highest BCUT2D eigenvalue weighted by atomic mass is 19.3. The lowest BCUT2D eigenvalue weighted by molar-refractivity contribution is 0.163. The van der Waals surface area contributed by atoms with E-state index >= 15 is 0 Å². The van der Waals surface area contributed by atoms with E-state index in [1.54, 1.807) is 25.7 Å². The van der Waals surface area contributed by atoms with Crippen molar-refractivity contribution in [3.63, 3.8) is 0 Å². The van der Waals surface area contributed by atoms with E-state index in [9.17, 15) is 8.78 Å². The van der Waals surface area contributed by atoms with Gasteiger partial charge >= 0.3 is 0 Å². The molecule has 3 aromatic rings. The lowest BCUT2D eigenvalue weighted by Gasteiger charge is -2.20. The van der Waals surface area contributed by atoms with Gasteiger partial charge in [0, 0.05) is 12.4 Å². The highest BCUT2D eigenvalue weighted by Gasteiger charge is 2.46. The second-order valence-electron chi connectivity index (χ2n) is 7.71. The molecule has 3 aromatic heterocycles. The molecule has 0 unspecified atom stereocenters. The summed E-state index contributed by atoms with van der Waals surface area (Å²) >= 11 is 0. The summed E-state index contributed by atoms with van der Waals surface area (Å²) in [4.78, 5) is 17.6. The lowest BCUT2D eigenvalue weighted by Crippen LogP contribution is -2.22. The van der Waals surface area contributed by atoms with Gasteiger partial charge in [-0.3, -0.25) is 4.98 Å². The topological polar surface area (TPSA) is 103 Å². The number of methoxy groups -OCH3 is 1. The molecule has 9 nitrogen and oxygen atoms in total. The Bertz CT molecular complexity index is 1040. The van der Waals surface area contributed by atoms with Gasteiger partial charge < -0.3 is 15.4 Å². The Hall–Kier alpha value is -2.95. The zero-order valence-electron chi connectivity index (χ0n) is 16.4. The van der Waals surface area contributed by atoms with Gasteiger partial charge in [-0.2, -0.15) is 5.10 Å². The normalized spacial score (nSPS) is 25.7. The van der Waals surface area contributed by atoms with Gasteiger partial charge in [-0.25, -0.2) is 28.4 Å². The maximum atomic E-state index is 12.5. The molecule has 2 fully saturated rings. The van der Waals surface area contributed by atoms with Gasteiger partial charge in [-0.1, -0.05) is 0 Å². The number of nitrogens with zero attached hydrogens (tertiary/aromatic N) is 6. The molecule has 0 radical (unpaired) electrons. The maximum Gasteiger partial charge on any atom is 0.255 e. The smallest absolute Gasteiger partial charge is 0.255 e. The lowest BCUT2D eigenvalue weighted by atomic mass is 9.92. The van der Waals surface area contributed by atoms with Gasteiger partial charge in [0.2, 0.25) is 5.88 Å². The predicted octanol–water partition coefficient (Wildman–Crippen LogP) is 2.21. The first-order chi connectivity index (χ1) is 14.6. The molecule has 4 atom stereocenters. The zero-order chi connectivity index (χ0) is 20.7. The van der Waals surface area contributed by atoms with Crippen LogP contribution in [0.3, 0.4) is 0 Å². The van der Waals surface area contributed by atoms with Gasteiger partial charge in [-0.15, -0.1) is 0 Å². The molecule has 158 valence electrons. The van der Waals surface area contributed by atoms with Gasteiger partial charge in [0.25, 0.3) is 6.43 Å². The molecule has 0 spiro atoms. The molecular formula is C19H22F2N8O. The number of halogens is 2. The van der Waals surface area contributed by atoms with Crippen LogP contribution < -0.4 is 15.4 Å². The molecule has 5 rings (SSSR count). The van der Waals surface area contributed by atoms with E-state index in [4.69, 9.17) is 4.74 Å². The Morgan fingerprint density at radius 2 is 2.10 bits per heavy atom. The van der Waals surface area contributed by atoms with Crippen LogP contribution >= 0.6 is 0 Å². The molecule has 1 aliphatic heterocycles. The van der Waals surface area contributed by atoms with Gasteiger partial charge in [0.15, 0.2) is 5.65 Å². The van der Waals surface area contributed by atoms with Crippen LogP contribution in [0.25, 0.3) is 11.2 Å². The minimum atomic E-state index is -2.45. The van der Waals surface area contributed by atoms with Crippen LogP contribution in [-0.4, -0.2) is 56.3 Å². The van der Waals surface area contributed by atoms with Crippen molar-refractivity contribution in [2.45, 2.75) is 31.4 Å². The Balaban J connectivity index is 1.39. The van der Waals surface area contributed by atoms with Gasteiger partial charge in [-0.05, 0) is 31.2 Å². The fourth-order valence-corrected chi connectivity index (χ4v) is 4.76. The number of aromatic nitrogens is 6. The zero-order valence-corrected chi connectivity index (χ0v) is 16.4. The van der Waals surface area contributed by atoms with Crippen molar-refractivity contribution in [3.8, 4) is 5.88 Å². The number of alkyl halides is 2. The quantitative estimate of drug-likeness (QED) is 0.631. The van der Waals surface area contributed by atoms with E-state index < -0.39 is 13.0 Å². The van der Waals surface area contributed by atoms with E-state index in [0.29, 0.717) is 34.7 Å². The van der Waals surface area contributed by atoms with Crippen LogP contribution in [-0.2, 0) is 0 Å². The summed E-state index contributed by atoms with van der Waals surface area (Å²) in [7, 11) is 1.60. The molecule has 30 heavy (non-hydrogen) atoms. The fourth-order valence-electron chi connectivity index (χ4n) is 4.76. The van der Waals surface area contributed by atoms with Crippen LogP contribution in [0.15, 0.2) is 24.8 Å². The molecule has 1 saturated heterocycles. The maximum absolute atomic E-state index is 12.5. The summed E-state index contributed by atoms with van der Waals surface area (Å²) in [5.41, 5.74) is 2.09. The van der Waals surface area contributed by atoms with Crippen molar-refractivity contribution < 1.29 is 13.5 Å². The van der Waals surface area contributed by atoms with Crippen molar-refractivity contribution >= 4 is 17.0 Å². The van der Waals surface area contributed by atoms with Crippen molar-refractivity contribution in [1.82, 2.24) is 35.0 Å². The van der Waals surface area contributed by atoms with E-state index in [1.807, 2.05) is 4.68 Å². The second-order valence-corrected chi connectivity index (χ2v) is 7.71. The summed E-state index contributed by atoms with van der Waals surface area (Å²) in [6.45, 7) is 0.423. The third-order valence-electron chi connectivity index (χ3n) is 6.02. The van der Waals surface area contributed by atoms with Crippen LogP contribution in [0.4, 0.5) is 14.6 Å². The summed E-state index contributed by atoms with van der Waals surface area (Å²) in [6, 6.07) is 0.226. The summed E-state index contributed by atoms with van der Waals surface area (Å²) in [6.07, 6.45) is 5.84. The minimum absolute atomic E-state index is 0.0693. The molecule has 0 aromatic carbocycles. The Labute approximate surface area is 171 Å². The van der Waals surface area contributed by atoms with Crippen molar-refractivity contribution in [2.75, 3.05) is 25.5 Å². The Kier molecular flexibility index (Phi) is 4.89. The van der Waals surface area contributed by atoms with Gasteiger partial charge in [0.1, 0.15) is 17.0 Å². The van der Waals surface area contributed by atoms with E-state index in [1.165, 1.54) is 6.20 Å². The summed E-state index contributed by atoms with van der Waals surface area (Å²) in [5, 5.41) is 10.7. The Morgan fingerprint density at radius 3 is 2.93 bits per heavy atom. The SMILES string of the molecule is COc1nccnc1[C@H]1NC[C@H]2C[C@H](n3ncc4ncc(NCC(F)F)nc43)C[C@@H]21. The molecule has 2 aliphatic rings. The fraction of sp³-hybridized carbons (Fsp3) is 0.526. The number of fused-ring (bicyclic) bond motifs is 2. The largest absolute Gasteiger partial charge is 0.480 e. The third-order valence-corrected chi connectivity index (χ3v) is 6.02. The average molecular weight is 416 g/mol. The molecular weight excluding hydrogens is 394 g/mol. The molecule has 0 amide bonds. The molecule has 4 heterocycles. The molecule has 2 N–H and O–H groups in total. The first-order valence-corrected chi connectivity index (χ1v) is 9.94. The summed E-state index contributed by atoms with van der Waals surface area (Å²) in [5.74, 6) is 1.71. The highest BCUT2D eigenvalue weighted by molar-refractivity contribution is 5.71. The van der Waals surface area contributed by atoms with Crippen LogP contribution in [0.5, 0.6) is 5.88 Å². The van der Waals surface area contributed by atoms with E-state index in [2.05, 4.69) is 35.7 Å². The summed E-state index contributed by atoms with van der Waals surface area (Å²) < 4.78 is 32.3. The number of rotatable bonds is 6. The monoisotopic (exact) mass is 416 g/mol. The standard InChI is InChI=1S/C19H22F2N8O/c1-30-19-17(22-2-3-23-19)16-12-5-11(4-10(12)6-26-16)29-18-13(7-27-29)24-9-15(28-18)25-8-14(20)21/h2-3,7,9-12,14,16,26H,4-6,8H2,1H3,(H,25,28)/t10-,11+,12+,16+/m1/s1. The first-order valence-electron chi connectivity index (χ1n) is 9.94. The van der Waals surface area contributed by atoms with Crippen molar-refractivity contribution in [3.05, 3.63) is 30.5 Å². The van der Waals surface area contributed by atoms with Crippen LogP contribution in [0.2, 0.25) is 0 Å². The van der Waals surface area contributed by atoms with Crippen LogP contribution in [0, 0.1) is 11.8 Å². The van der Waals surface area contributed by atoms with E-state index in [-0.39, 0.29) is 12.1 Å². The van der Waals surface area contributed by atoms with Crippen molar-refractivity contribution in [2.24, 2.45) is 11.8 Å². The number of hydrogen-bond acceptors (Lipinski definition) is 8. The van der Waals surface area contributed by atoms with Gasteiger partial charge in [0.05, 0.1) is 38.1 Å².